The lowest BCUT2D eigenvalue weighted by Crippen LogP contribution is -2.54. The molecule has 1 aromatic carbocycles. The number of carbonyl (C=O) groups excluding carboxylic acids is 1. The third-order valence-electron chi connectivity index (χ3n) is 5.54. The van der Waals surface area contributed by atoms with Crippen LogP contribution in [0.2, 0.25) is 0 Å². The van der Waals surface area contributed by atoms with E-state index >= 15 is 0 Å². The normalized spacial score (nSPS) is 19.0. The number of guanidine groups is 1. The molecule has 28 heavy (non-hydrogen) atoms. The van der Waals surface area contributed by atoms with Gasteiger partial charge in [0.2, 0.25) is 5.91 Å². The van der Waals surface area contributed by atoms with Gasteiger partial charge in [-0.15, -0.1) is 0 Å². The quantitative estimate of drug-likeness (QED) is 0.598. The van der Waals surface area contributed by atoms with E-state index in [1.807, 2.05) is 11.9 Å². The third kappa shape index (κ3) is 5.45. The van der Waals surface area contributed by atoms with E-state index in [1.54, 1.807) is 0 Å². The summed E-state index contributed by atoms with van der Waals surface area (Å²) in [7, 11) is 1.84. The molecule has 1 amide bonds. The monoisotopic (exact) mass is 387 g/mol. The maximum absolute atomic E-state index is 12.4. The Hall–Kier alpha value is -2.12. The third-order valence-corrected chi connectivity index (χ3v) is 5.54. The molecule has 2 heterocycles. The van der Waals surface area contributed by atoms with Gasteiger partial charge in [-0.25, -0.2) is 0 Å². The van der Waals surface area contributed by atoms with Gasteiger partial charge in [-0.2, -0.15) is 0 Å². The maximum Gasteiger partial charge on any atom is 0.236 e. The van der Waals surface area contributed by atoms with Crippen LogP contribution in [0, 0.1) is 0 Å². The minimum atomic E-state index is 0.218. The molecule has 2 aliphatic heterocycles. The Kier molecular flexibility index (Phi) is 7.68. The second kappa shape index (κ2) is 10.4. The van der Waals surface area contributed by atoms with E-state index in [0.717, 1.165) is 45.1 Å². The number of piperazine rings is 1. The van der Waals surface area contributed by atoms with Gasteiger partial charge in [0.1, 0.15) is 0 Å². The predicted octanol–water partition coefficient (Wildman–Crippen LogP) is 0.801. The number of morpholine rings is 1. The molecule has 0 atom stereocenters. The molecule has 2 fully saturated rings. The number of hydrogen-bond acceptors (Lipinski definition) is 4. The minimum absolute atomic E-state index is 0.218. The van der Waals surface area contributed by atoms with E-state index in [0.29, 0.717) is 32.8 Å². The summed E-state index contributed by atoms with van der Waals surface area (Å²) in [6.45, 7) is 9.73. The number of ether oxygens (including phenoxy) is 1. The number of hydrogen-bond donors (Lipinski definition) is 1. The Morgan fingerprint density at radius 3 is 2.36 bits per heavy atom. The number of aliphatic imine (C=N–C) groups is 1. The number of rotatable bonds is 5. The first kappa shape index (κ1) is 20.6. The van der Waals surface area contributed by atoms with Crippen LogP contribution in [0.1, 0.15) is 18.1 Å². The van der Waals surface area contributed by atoms with Crippen molar-refractivity contribution >= 4 is 11.9 Å². The summed E-state index contributed by atoms with van der Waals surface area (Å²) in [5, 5.41) is 3.51. The van der Waals surface area contributed by atoms with Crippen molar-refractivity contribution in [2.24, 2.45) is 4.99 Å². The van der Waals surface area contributed by atoms with Gasteiger partial charge >= 0.3 is 0 Å². The molecule has 1 aromatic rings. The fourth-order valence-electron chi connectivity index (χ4n) is 3.80. The topological polar surface area (TPSA) is 60.4 Å². The van der Waals surface area contributed by atoms with E-state index in [2.05, 4.69) is 51.3 Å². The number of nitrogens with zero attached hydrogens (tertiary/aromatic N) is 4. The Morgan fingerprint density at radius 1 is 1.04 bits per heavy atom. The molecule has 2 saturated heterocycles. The Morgan fingerprint density at radius 2 is 1.71 bits per heavy atom. The largest absolute Gasteiger partial charge is 0.378 e. The molecule has 3 rings (SSSR count). The molecule has 0 aliphatic carbocycles. The summed E-state index contributed by atoms with van der Waals surface area (Å²) in [6.07, 6.45) is 1.03. The first-order valence-electron chi connectivity index (χ1n) is 10.3. The highest BCUT2D eigenvalue weighted by atomic mass is 16.5. The van der Waals surface area contributed by atoms with Crippen molar-refractivity contribution < 1.29 is 9.53 Å². The van der Waals surface area contributed by atoms with E-state index in [4.69, 9.17) is 4.74 Å². The molecule has 154 valence electrons. The van der Waals surface area contributed by atoms with E-state index < -0.39 is 0 Å². The summed E-state index contributed by atoms with van der Waals surface area (Å²) in [4.78, 5) is 23.3. The number of benzene rings is 1. The van der Waals surface area contributed by atoms with Gasteiger partial charge < -0.3 is 19.9 Å². The Labute approximate surface area is 168 Å². The molecular formula is C21H33N5O2. The van der Waals surface area contributed by atoms with Gasteiger partial charge in [-0.1, -0.05) is 31.2 Å². The molecule has 0 bridgehead atoms. The van der Waals surface area contributed by atoms with Crippen LogP contribution >= 0.6 is 0 Å². The zero-order chi connectivity index (χ0) is 19.8. The van der Waals surface area contributed by atoms with Gasteiger partial charge in [0.25, 0.3) is 0 Å². The average molecular weight is 388 g/mol. The standard InChI is InChI=1S/C21H33N5O2/c1-3-18-6-4-5-7-19(18)16-23-21(22-2)26-10-8-24(9-11-26)17-20(27)25-12-14-28-15-13-25/h4-7H,3,8-17H2,1-2H3,(H,22,23). The van der Waals surface area contributed by atoms with Gasteiger partial charge in [-0.3, -0.25) is 14.7 Å². The van der Waals surface area contributed by atoms with E-state index in [-0.39, 0.29) is 5.91 Å². The average Bonchev–Trinajstić information content (AvgIpc) is 2.76. The van der Waals surface area contributed by atoms with Crippen molar-refractivity contribution in [1.29, 1.82) is 0 Å². The molecule has 2 aliphatic rings. The first-order valence-corrected chi connectivity index (χ1v) is 10.3. The minimum Gasteiger partial charge on any atom is -0.378 e. The fraction of sp³-hybridized carbons (Fsp3) is 0.619. The molecule has 7 nitrogen and oxygen atoms in total. The molecule has 0 spiro atoms. The van der Waals surface area contributed by atoms with Crippen molar-refractivity contribution in [2.75, 3.05) is 66.1 Å². The van der Waals surface area contributed by atoms with Crippen molar-refractivity contribution in [2.45, 2.75) is 19.9 Å². The second-order valence-electron chi connectivity index (χ2n) is 7.28. The second-order valence-corrected chi connectivity index (χ2v) is 7.28. The molecule has 0 radical (unpaired) electrons. The lowest BCUT2D eigenvalue weighted by molar-refractivity contribution is -0.136. The lowest BCUT2D eigenvalue weighted by atomic mass is 10.1. The van der Waals surface area contributed by atoms with Crippen molar-refractivity contribution in [3.8, 4) is 0 Å². The number of aryl methyl sites for hydroxylation is 1. The highest BCUT2D eigenvalue weighted by Gasteiger charge is 2.24. The van der Waals surface area contributed by atoms with Crippen LogP contribution in [0.3, 0.4) is 0 Å². The summed E-state index contributed by atoms with van der Waals surface area (Å²) >= 11 is 0. The smallest absolute Gasteiger partial charge is 0.236 e. The van der Waals surface area contributed by atoms with Crippen molar-refractivity contribution in [3.05, 3.63) is 35.4 Å². The molecule has 0 saturated carbocycles. The van der Waals surface area contributed by atoms with Crippen molar-refractivity contribution in [1.82, 2.24) is 20.0 Å². The van der Waals surface area contributed by atoms with E-state index in [9.17, 15) is 4.79 Å². The van der Waals surface area contributed by atoms with Crippen LogP contribution in [0.25, 0.3) is 0 Å². The van der Waals surface area contributed by atoms with Crippen LogP contribution in [0.5, 0.6) is 0 Å². The Balaban J connectivity index is 1.45. The van der Waals surface area contributed by atoms with Gasteiger partial charge in [-0.05, 0) is 17.5 Å². The molecule has 0 unspecified atom stereocenters. The number of amides is 1. The molecule has 7 heteroatoms. The zero-order valence-electron chi connectivity index (χ0n) is 17.2. The molecule has 1 N–H and O–H groups in total. The summed E-state index contributed by atoms with van der Waals surface area (Å²) in [6, 6.07) is 8.54. The predicted molar refractivity (Wildman–Crippen MR) is 111 cm³/mol. The van der Waals surface area contributed by atoms with E-state index in [1.165, 1.54) is 11.1 Å². The summed E-state index contributed by atoms with van der Waals surface area (Å²) < 4.78 is 5.33. The number of nitrogens with one attached hydrogen (secondary N) is 1. The van der Waals surface area contributed by atoms with Crippen molar-refractivity contribution in [3.63, 3.8) is 0 Å². The Bertz CT molecular complexity index is 665. The zero-order valence-corrected chi connectivity index (χ0v) is 17.2. The highest BCUT2D eigenvalue weighted by molar-refractivity contribution is 5.80. The van der Waals surface area contributed by atoms with Crippen LogP contribution in [0.15, 0.2) is 29.3 Å². The molecule has 0 aromatic heterocycles. The SMILES string of the molecule is CCc1ccccc1CNC(=NC)N1CCN(CC(=O)N2CCOCC2)CC1. The highest BCUT2D eigenvalue weighted by Crippen LogP contribution is 2.10. The van der Waals surface area contributed by atoms with Gasteiger partial charge in [0, 0.05) is 52.9 Å². The summed E-state index contributed by atoms with van der Waals surface area (Å²) in [5.74, 6) is 1.15. The lowest BCUT2D eigenvalue weighted by Gasteiger charge is -2.37. The van der Waals surface area contributed by atoms with Gasteiger partial charge in [0.05, 0.1) is 19.8 Å². The molecular weight excluding hydrogens is 354 g/mol. The van der Waals surface area contributed by atoms with Crippen LogP contribution in [0.4, 0.5) is 0 Å². The number of carbonyl (C=O) groups is 1. The van der Waals surface area contributed by atoms with Crippen LogP contribution in [-0.4, -0.2) is 92.6 Å². The summed E-state index contributed by atoms with van der Waals surface area (Å²) in [5.41, 5.74) is 2.69. The fourth-order valence-corrected chi connectivity index (χ4v) is 3.80. The van der Waals surface area contributed by atoms with Crippen LogP contribution in [-0.2, 0) is 22.5 Å². The first-order chi connectivity index (χ1) is 13.7. The van der Waals surface area contributed by atoms with Crippen LogP contribution < -0.4 is 5.32 Å². The maximum atomic E-state index is 12.4. The van der Waals surface area contributed by atoms with Gasteiger partial charge in [0.15, 0.2) is 5.96 Å².